The van der Waals surface area contributed by atoms with Crippen LogP contribution in [-0.4, -0.2) is 25.3 Å². The lowest BCUT2D eigenvalue weighted by Crippen LogP contribution is -2.00. The number of phenolic OH excluding ortho intramolecular Hbond substituents is 1. The Morgan fingerprint density at radius 1 is 1.05 bits per heavy atom. The van der Waals surface area contributed by atoms with Gasteiger partial charge in [-0.3, -0.25) is 0 Å². The topological polar surface area (TPSA) is 75.9 Å². The first-order chi connectivity index (χ1) is 9.83. The van der Waals surface area contributed by atoms with Crippen LogP contribution < -0.4 is 5.32 Å². The molecule has 3 rings (SSSR count). The molecule has 1 heterocycles. The molecule has 0 radical (unpaired) electrons. The molecule has 0 bridgehead atoms. The molecule has 6 heteroatoms. The number of benzene rings is 2. The smallest absolute Gasteiger partial charge is 0.143 e. The number of nitrogens with one attached hydrogen (secondary N) is 1. The maximum Gasteiger partial charge on any atom is 0.143 e. The minimum Gasteiger partial charge on any atom is -0.508 e. The van der Waals surface area contributed by atoms with Crippen molar-refractivity contribution in [2.45, 2.75) is 6.54 Å². The van der Waals surface area contributed by atoms with E-state index in [4.69, 9.17) is 0 Å². The molecule has 0 saturated heterocycles. The summed E-state index contributed by atoms with van der Waals surface area (Å²) in [7, 11) is 0. The summed E-state index contributed by atoms with van der Waals surface area (Å²) < 4.78 is 1.59. The summed E-state index contributed by atoms with van der Waals surface area (Å²) in [5.74, 6) is 0.297. The fraction of sp³-hybridized carbons (Fsp3) is 0.0714. The summed E-state index contributed by atoms with van der Waals surface area (Å²) in [4.78, 5) is 0. The molecule has 0 fully saturated rings. The van der Waals surface area contributed by atoms with Gasteiger partial charge in [0.1, 0.15) is 12.1 Å². The number of aromatic nitrogens is 4. The highest BCUT2D eigenvalue weighted by Crippen LogP contribution is 2.18. The van der Waals surface area contributed by atoms with Crippen LogP contribution in [0.1, 0.15) is 5.56 Å². The second-order valence-corrected chi connectivity index (χ2v) is 4.28. The predicted molar refractivity (Wildman–Crippen MR) is 74.6 cm³/mol. The summed E-state index contributed by atoms with van der Waals surface area (Å²) >= 11 is 0. The maximum atomic E-state index is 9.69. The first-order valence-corrected chi connectivity index (χ1v) is 6.17. The van der Waals surface area contributed by atoms with Crippen molar-refractivity contribution in [1.29, 1.82) is 0 Å². The highest BCUT2D eigenvalue weighted by Gasteiger charge is 2.01. The number of nitrogens with zero attached hydrogens (tertiary/aromatic N) is 4. The average Bonchev–Trinajstić information content (AvgIpc) is 3.01. The van der Waals surface area contributed by atoms with E-state index in [2.05, 4.69) is 20.8 Å². The number of hydrogen-bond acceptors (Lipinski definition) is 5. The minimum atomic E-state index is 0.297. The molecule has 0 amide bonds. The zero-order valence-corrected chi connectivity index (χ0v) is 10.6. The molecular formula is C14H13N5O. The number of hydrogen-bond donors (Lipinski definition) is 2. The number of tetrazole rings is 1. The van der Waals surface area contributed by atoms with Crippen molar-refractivity contribution < 1.29 is 5.11 Å². The summed E-state index contributed by atoms with van der Waals surface area (Å²) in [6.07, 6.45) is 1.55. The van der Waals surface area contributed by atoms with Gasteiger partial charge in [0.15, 0.2) is 0 Å². The fourth-order valence-corrected chi connectivity index (χ4v) is 1.87. The van der Waals surface area contributed by atoms with Crippen LogP contribution in [0.4, 0.5) is 5.69 Å². The third kappa shape index (κ3) is 2.59. The minimum absolute atomic E-state index is 0.297. The molecule has 2 aromatic carbocycles. The zero-order chi connectivity index (χ0) is 13.8. The van der Waals surface area contributed by atoms with E-state index < -0.39 is 0 Å². The van der Waals surface area contributed by atoms with Crippen LogP contribution in [0.25, 0.3) is 5.69 Å². The molecule has 20 heavy (non-hydrogen) atoms. The lowest BCUT2D eigenvalue weighted by atomic mass is 10.2. The van der Waals surface area contributed by atoms with Crippen molar-refractivity contribution in [3.8, 4) is 11.4 Å². The van der Waals surface area contributed by atoms with Crippen LogP contribution in [-0.2, 0) is 6.54 Å². The van der Waals surface area contributed by atoms with Crippen LogP contribution in [0.2, 0.25) is 0 Å². The Morgan fingerprint density at radius 3 is 2.55 bits per heavy atom. The Labute approximate surface area is 115 Å². The van der Waals surface area contributed by atoms with Gasteiger partial charge in [0.2, 0.25) is 0 Å². The van der Waals surface area contributed by atoms with Gasteiger partial charge < -0.3 is 10.4 Å². The van der Waals surface area contributed by atoms with Crippen molar-refractivity contribution in [2.75, 3.05) is 5.32 Å². The quantitative estimate of drug-likeness (QED) is 0.756. The van der Waals surface area contributed by atoms with Gasteiger partial charge in [-0.25, -0.2) is 4.68 Å². The van der Waals surface area contributed by atoms with Crippen molar-refractivity contribution >= 4 is 5.69 Å². The van der Waals surface area contributed by atoms with Gasteiger partial charge in [-0.2, -0.15) is 0 Å². The fourth-order valence-electron chi connectivity index (χ4n) is 1.87. The van der Waals surface area contributed by atoms with Crippen LogP contribution >= 0.6 is 0 Å². The lowest BCUT2D eigenvalue weighted by Gasteiger charge is -2.08. The molecule has 100 valence electrons. The van der Waals surface area contributed by atoms with Gasteiger partial charge in [-0.1, -0.05) is 18.2 Å². The van der Waals surface area contributed by atoms with Crippen molar-refractivity contribution in [3.63, 3.8) is 0 Å². The molecule has 6 nitrogen and oxygen atoms in total. The van der Waals surface area contributed by atoms with Crippen molar-refractivity contribution in [3.05, 3.63) is 60.4 Å². The Balaban J connectivity index is 1.68. The summed E-state index contributed by atoms with van der Waals surface area (Å²) in [6, 6.07) is 15.0. The summed E-state index contributed by atoms with van der Waals surface area (Å²) in [5, 5.41) is 24.0. The Hall–Kier alpha value is -2.89. The molecule has 3 aromatic rings. The largest absolute Gasteiger partial charge is 0.508 e. The molecule has 0 aliphatic carbocycles. The van der Waals surface area contributed by atoms with Gasteiger partial charge in [0.05, 0.1) is 5.69 Å². The zero-order valence-electron chi connectivity index (χ0n) is 10.6. The third-order valence-electron chi connectivity index (χ3n) is 2.96. The normalized spacial score (nSPS) is 10.4. The Morgan fingerprint density at radius 2 is 1.85 bits per heavy atom. The average molecular weight is 267 g/mol. The van der Waals surface area contributed by atoms with E-state index in [-0.39, 0.29) is 0 Å². The molecule has 0 spiro atoms. The van der Waals surface area contributed by atoms with Crippen molar-refractivity contribution in [1.82, 2.24) is 20.2 Å². The molecule has 0 aliphatic rings. The number of phenols is 1. The summed E-state index contributed by atoms with van der Waals surface area (Å²) in [6.45, 7) is 0.566. The highest BCUT2D eigenvalue weighted by molar-refractivity contribution is 5.49. The number of anilines is 1. The second-order valence-electron chi connectivity index (χ2n) is 4.28. The van der Waals surface area contributed by atoms with E-state index in [0.29, 0.717) is 12.3 Å². The van der Waals surface area contributed by atoms with E-state index in [1.165, 1.54) is 0 Å². The monoisotopic (exact) mass is 267 g/mol. The molecule has 0 unspecified atom stereocenters. The number of para-hydroxylation sites is 1. The summed E-state index contributed by atoms with van der Waals surface area (Å²) in [5.41, 5.74) is 2.71. The Bertz CT molecular complexity index is 679. The highest BCUT2D eigenvalue weighted by atomic mass is 16.3. The van der Waals surface area contributed by atoms with Gasteiger partial charge in [-0.05, 0) is 40.8 Å². The standard InChI is InChI=1S/C14H13N5O/c20-14-4-2-1-3-11(14)9-15-12-5-7-13(8-6-12)19-10-16-17-18-19/h1-8,10,15,20H,9H2. The van der Waals surface area contributed by atoms with Crippen LogP contribution in [0.15, 0.2) is 54.9 Å². The lowest BCUT2D eigenvalue weighted by molar-refractivity contribution is 0.469. The number of rotatable bonds is 4. The molecular weight excluding hydrogens is 254 g/mol. The van der Waals surface area contributed by atoms with E-state index in [1.54, 1.807) is 23.1 Å². The van der Waals surface area contributed by atoms with E-state index in [9.17, 15) is 5.11 Å². The maximum absolute atomic E-state index is 9.69. The first kappa shape index (κ1) is 12.2. The van der Waals surface area contributed by atoms with Gasteiger partial charge in [-0.15, -0.1) is 5.10 Å². The molecule has 0 atom stereocenters. The SMILES string of the molecule is Oc1ccccc1CNc1ccc(-n2cnnn2)cc1. The van der Waals surface area contributed by atoms with E-state index in [0.717, 1.165) is 16.9 Å². The van der Waals surface area contributed by atoms with Gasteiger partial charge in [0.25, 0.3) is 0 Å². The van der Waals surface area contributed by atoms with Gasteiger partial charge in [0, 0.05) is 17.8 Å². The molecule has 0 aliphatic heterocycles. The van der Waals surface area contributed by atoms with Crippen LogP contribution in [0, 0.1) is 0 Å². The molecule has 2 N–H and O–H groups in total. The Kier molecular flexibility index (Phi) is 3.28. The van der Waals surface area contributed by atoms with E-state index in [1.807, 2.05) is 36.4 Å². The number of aromatic hydroxyl groups is 1. The van der Waals surface area contributed by atoms with Crippen molar-refractivity contribution in [2.24, 2.45) is 0 Å². The molecule has 0 saturated carbocycles. The second kappa shape index (κ2) is 5.40. The van der Waals surface area contributed by atoms with Crippen LogP contribution in [0.3, 0.4) is 0 Å². The molecule has 1 aromatic heterocycles. The third-order valence-corrected chi connectivity index (χ3v) is 2.96. The first-order valence-electron chi connectivity index (χ1n) is 6.17. The predicted octanol–water partition coefficient (Wildman–Crippen LogP) is 1.98. The van der Waals surface area contributed by atoms with Crippen LogP contribution in [0.5, 0.6) is 5.75 Å². The van der Waals surface area contributed by atoms with E-state index >= 15 is 0 Å². The van der Waals surface area contributed by atoms with Gasteiger partial charge >= 0.3 is 0 Å².